The van der Waals surface area contributed by atoms with Gasteiger partial charge in [-0.1, -0.05) is 34.6 Å². The normalized spacial score (nSPS) is 14.3. The summed E-state index contributed by atoms with van der Waals surface area (Å²) in [6, 6.07) is 2.19. The Bertz CT molecular complexity index is 408. The summed E-state index contributed by atoms with van der Waals surface area (Å²) >= 11 is 0. The van der Waals surface area contributed by atoms with E-state index < -0.39 is 0 Å². The van der Waals surface area contributed by atoms with Crippen molar-refractivity contribution in [3.63, 3.8) is 0 Å². The number of nitrogens with one attached hydrogen (secondary N) is 1. The molecule has 0 aromatic carbocycles. The average molecular weight is 308 g/mol. The predicted molar refractivity (Wildman–Crippen MR) is 89.0 cm³/mol. The molecule has 1 amide bonds. The van der Waals surface area contributed by atoms with Crippen molar-refractivity contribution >= 4 is 11.7 Å². The van der Waals surface area contributed by atoms with E-state index in [1.54, 1.807) is 6.92 Å². The highest BCUT2D eigenvalue weighted by molar-refractivity contribution is 5.78. The van der Waals surface area contributed by atoms with Crippen LogP contribution in [0.4, 0.5) is 0 Å². The van der Waals surface area contributed by atoms with Crippen LogP contribution in [-0.4, -0.2) is 18.2 Å². The van der Waals surface area contributed by atoms with E-state index in [0.29, 0.717) is 31.7 Å². The zero-order valence-electron chi connectivity index (χ0n) is 15.0. The molecule has 0 aliphatic carbocycles. The summed E-state index contributed by atoms with van der Waals surface area (Å²) in [5, 5.41) is 11.8. The third-order valence-electron chi connectivity index (χ3n) is 3.96. The Kier molecular flexibility index (Phi) is 9.01. The minimum absolute atomic E-state index is 0.00690. The van der Waals surface area contributed by atoms with E-state index in [4.69, 9.17) is 5.26 Å². The van der Waals surface area contributed by atoms with Gasteiger partial charge in [-0.05, 0) is 37.0 Å². The van der Waals surface area contributed by atoms with E-state index >= 15 is 0 Å². The Morgan fingerprint density at radius 3 is 2.27 bits per heavy atom. The molecule has 0 aromatic heterocycles. The molecule has 0 heterocycles. The first-order chi connectivity index (χ1) is 10.1. The fourth-order valence-corrected chi connectivity index (χ4v) is 2.83. The van der Waals surface area contributed by atoms with Gasteiger partial charge in [0.05, 0.1) is 6.07 Å². The molecule has 4 nitrogen and oxygen atoms in total. The fraction of sp³-hybridized carbons (Fsp3) is 0.833. The van der Waals surface area contributed by atoms with E-state index in [2.05, 4.69) is 25.2 Å². The van der Waals surface area contributed by atoms with Crippen LogP contribution < -0.4 is 5.32 Å². The van der Waals surface area contributed by atoms with Crippen molar-refractivity contribution in [3.8, 4) is 6.07 Å². The SMILES string of the molecule is CC(=O)C(C)CC(C)(C)CC(=O)NCC(CC#N)CC(C)C. The van der Waals surface area contributed by atoms with Crippen molar-refractivity contribution in [2.24, 2.45) is 23.2 Å². The highest BCUT2D eigenvalue weighted by Gasteiger charge is 2.26. The molecule has 0 fully saturated rings. The summed E-state index contributed by atoms with van der Waals surface area (Å²) in [5.41, 5.74) is -0.196. The number of nitrogens with zero attached hydrogens (tertiary/aromatic N) is 1. The van der Waals surface area contributed by atoms with Crippen molar-refractivity contribution in [1.29, 1.82) is 5.26 Å². The number of ketones is 1. The standard InChI is InChI=1S/C18H32N2O2/c1-13(2)9-16(7-8-19)12-20-17(22)11-18(5,6)10-14(3)15(4)21/h13-14,16H,7,9-12H2,1-6H3,(H,20,22). The number of amides is 1. The lowest BCUT2D eigenvalue weighted by atomic mass is 9.79. The molecule has 0 radical (unpaired) electrons. The van der Waals surface area contributed by atoms with Crippen LogP contribution in [0.15, 0.2) is 0 Å². The van der Waals surface area contributed by atoms with E-state index in [-0.39, 0.29) is 28.9 Å². The second-order valence-corrected chi connectivity index (χ2v) is 7.72. The maximum absolute atomic E-state index is 12.1. The van der Waals surface area contributed by atoms with Crippen LogP contribution in [-0.2, 0) is 9.59 Å². The summed E-state index contributed by atoms with van der Waals surface area (Å²) in [7, 11) is 0. The lowest BCUT2D eigenvalue weighted by molar-refractivity contribution is -0.125. The van der Waals surface area contributed by atoms with Gasteiger partial charge in [0.1, 0.15) is 5.78 Å². The van der Waals surface area contributed by atoms with Gasteiger partial charge in [-0.3, -0.25) is 9.59 Å². The topological polar surface area (TPSA) is 70.0 Å². The monoisotopic (exact) mass is 308 g/mol. The van der Waals surface area contributed by atoms with Crippen LogP contribution >= 0.6 is 0 Å². The third-order valence-corrected chi connectivity index (χ3v) is 3.96. The maximum atomic E-state index is 12.1. The molecular formula is C18H32N2O2. The van der Waals surface area contributed by atoms with Gasteiger partial charge in [0.15, 0.2) is 0 Å². The van der Waals surface area contributed by atoms with Crippen molar-refractivity contribution in [3.05, 3.63) is 0 Å². The lowest BCUT2D eigenvalue weighted by Gasteiger charge is -2.27. The van der Waals surface area contributed by atoms with Crippen LogP contribution in [0, 0.1) is 34.5 Å². The summed E-state index contributed by atoms with van der Waals surface area (Å²) < 4.78 is 0. The minimum atomic E-state index is -0.196. The van der Waals surface area contributed by atoms with Gasteiger partial charge < -0.3 is 5.32 Å². The van der Waals surface area contributed by atoms with Gasteiger partial charge in [-0.25, -0.2) is 0 Å². The quantitative estimate of drug-likeness (QED) is 0.669. The zero-order valence-corrected chi connectivity index (χ0v) is 15.0. The van der Waals surface area contributed by atoms with Crippen molar-refractivity contribution in [2.45, 2.75) is 67.2 Å². The maximum Gasteiger partial charge on any atom is 0.220 e. The first-order valence-electron chi connectivity index (χ1n) is 8.21. The molecule has 0 aliphatic rings. The number of nitriles is 1. The van der Waals surface area contributed by atoms with Gasteiger partial charge in [0.25, 0.3) is 0 Å². The van der Waals surface area contributed by atoms with Crippen molar-refractivity contribution in [1.82, 2.24) is 5.32 Å². The summed E-state index contributed by atoms with van der Waals surface area (Å²) in [6.45, 7) is 12.4. The Balaban J connectivity index is 4.36. The zero-order chi connectivity index (χ0) is 17.3. The first kappa shape index (κ1) is 20.6. The van der Waals surface area contributed by atoms with Crippen LogP contribution in [0.1, 0.15) is 67.2 Å². The molecule has 0 aliphatic heterocycles. The van der Waals surface area contributed by atoms with Crippen LogP contribution in [0.3, 0.4) is 0 Å². The highest BCUT2D eigenvalue weighted by Crippen LogP contribution is 2.29. The molecule has 0 aromatic rings. The van der Waals surface area contributed by atoms with Gasteiger partial charge in [0, 0.05) is 25.3 Å². The summed E-state index contributed by atoms with van der Waals surface area (Å²) in [4.78, 5) is 23.5. The van der Waals surface area contributed by atoms with E-state index in [1.165, 1.54) is 0 Å². The van der Waals surface area contributed by atoms with Crippen LogP contribution in [0.25, 0.3) is 0 Å². The number of rotatable bonds is 10. The summed E-state index contributed by atoms with van der Waals surface area (Å²) in [5.74, 6) is 0.887. The molecule has 0 spiro atoms. The smallest absolute Gasteiger partial charge is 0.220 e. The molecule has 2 unspecified atom stereocenters. The van der Waals surface area contributed by atoms with Crippen LogP contribution in [0.5, 0.6) is 0 Å². The number of carbonyl (C=O) groups excluding carboxylic acids is 2. The molecule has 4 heteroatoms. The predicted octanol–water partition coefficient (Wildman–Crippen LogP) is 3.71. The van der Waals surface area contributed by atoms with Crippen LogP contribution in [0.2, 0.25) is 0 Å². The van der Waals surface area contributed by atoms with E-state index in [0.717, 1.165) is 6.42 Å². The molecule has 0 bridgehead atoms. The molecule has 0 saturated carbocycles. The highest BCUT2D eigenvalue weighted by atomic mass is 16.1. The third kappa shape index (κ3) is 9.55. The van der Waals surface area contributed by atoms with Gasteiger partial charge in [-0.2, -0.15) is 5.26 Å². The first-order valence-corrected chi connectivity index (χ1v) is 8.21. The number of Topliss-reactive ketones (excluding diaryl/α,β-unsaturated/α-hetero) is 1. The Labute approximate surface area is 135 Å². The van der Waals surface area contributed by atoms with E-state index in [9.17, 15) is 9.59 Å². The molecule has 0 rings (SSSR count). The van der Waals surface area contributed by atoms with Gasteiger partial charge in [-0.15, -0.1) is 0 Å². The average Bonchev–Trinajstić information content (AvgIpc) is 2.34. The second kappa shape index (κ2) is 9.61. The molecular weight excluding hydrogens is 276 g/mol. The lowest BCUT2D eigenvalue weighted by Crippen LogP contribution is -2.34. The Hall–Kier alpha value is -1.37. The van der Waals surface area contributed by atoms with Gasteiger partial charge in [0.2, 0.25) is 5.91 Å². The minimum Gasteiger partial charge on any atom is -0.356 e. The Morgan fingerprint density at radius 1 is 1.23 bits per heavy atom. The van der Waals surface area contributed by atoms with Crippen molar-refractivity contribution in [2.75, 3.05) is 6.54 Å². The Morgan fingerprint density at radius 2 is 1.82 bits per heavy atom. The molecule has 1 N–H and O–H groups in total. The van der Waals surface area contributed by atoms with E-state index in [1.807, 2.05) is 20.8 Å². The summed E-state index contributed by atoms with van der Waals surface area (Å²) in [6.07, 6.45) is 2.54. The number of carbonyl (C=O) groups is 2. The number of hydrogen-bond donors (Lipinski definition) is 1. The fourth-order valence-electron chi connectivity index (χ4n) is 2.83. The second-order valence-electron chi connectivity index (χ2n) is 7.72. The molecule has 0 saturated heterocycles. The van der Waals surface area contributed by atoms with Gasteiger partial charge >= 0.3 is 0 Å². The molecule has 2 atom stereocenters. The number of hydrogen-bond acceptors (Lipinski definition) is 3. The van der Waals surface area contributed by atoms with Crippen molar-refractivity contribution < 1.29 is 9.59 Å². The molecule has 22 heavy (non-hydrogen) atoms. The largest absolute Gasteiger partial charge is 0.356 e. The molecule has 126 valence electrons.